The van der Waals surface area contributed by atoms with Gasteiger partial charge in [0.2, 0.25) is 5.91 Å². The highest BCUT2D eigenvalue weighted by atomic mass is 35.5. The quantitative estimate of drug-likeness (QED) is 0.860. The van der Waals surface area contributed by atoms with Gasteiger partial charge in [0.25, 0.3) is 0 Å². The molecule has 1 aromatic rings. The molecule has 98 valence electrons. The Hall–Kier alpha value is -1.55. The smallest absolute Gasteiger partial charge is 0.326 e. The normalized spacial score (nSPS) is 12.2. The summed E-state index contributed by atoms with van der Waals surface area (Å²) in [4.78, 5) is 22.7. The molecular formula is C13H16ClNO3. The number of carbonyl (C=O) groups is 2. The van der Waals surface area contributed by atoms with Crippen molar-refractivity contribution in [3.05, 3.63) is 34.9 Å². The minimum atomic E-state index is -1.02. The van der Waals surface area contributed by atoms with E-state index in [1.807, 2.05) is 0 Å². The van der Waals surface area contributed by atoms with Crippen molar-refractivity contribution in [2.75, 3.05) is 0 Å². The highest BCUT2D eigenvalue weighted by Gasteiger charge is 2.23. The second-order valence-corrected chi connectivity index (χ2v) is 4.87. The molecule has 0 aliphatic carbocycles. The van der Waals surface area contributed by atoms with Crippen LogP contribution in [0.4, 0.5) is 0 Å². The summed E-state index contributed by atoms with van der Waals surface area (Å²) in [6.45, 7) is 3.50. The van der Waals surface area contributed by atoms with Crippen LogP contribution in [0.3, 0.4) is 0 Å². The molecule has 0 spiro atoms. The van der Waals surface area contributed by atoms with E-state index in [9.17, 15) is 9.59 Å². The lowest BCUT2D eigenvalue weighted by atomic mass is 10.0. The van der Waals surface area contributed by atoms with Crippen LogP contribution in [0.1, 0.15) is 19.4 Å². The van der Waals surface area contributed by atoms with Crippen molar-refractivity contribution in [3.8, 4) is 0 Å². The number of hydrogen-bond donors (Lipinski definition) is 2. The highest BCUT2D eigenvalue weighted by Crippen LogP contribution is 2.10. The zero-order chi connectivity index (χ0) is 13.7. The van der Waals surface area contributed by atoms with Gasteiger partial charge in [0, 0.05) is 5.02 Å². The van der Waals surface area contributed by atoms with Crippen molar-refractivity contribution in [1.29, 1.82) is 0 Å². The lowest BCUT2D eigenvalue weighted by Crippen LogP contribution is -2.44. The Labute approximate surface area is 111 Å². The Morgan fingerprint density at radius 1 is 1.28 bits per heavy atom. The number of amides is 1. The topological polar surface area (TPSA) is 66.4 Å². The second kappa shape index (κ2) is 6.40. The number of carboxylic acids is 1. The molecule has 1 aromatic carbocycles. The number of carboxylic acid groups (broad SMARTS) is 1. The maximum Gasteiger partial charge on any atom is 0.326 e. The third-order valence-corrected chi connectivity index (χ3v) is 2.78. The standard InChI is InChI=1S/C13H16ClNO3/c1-8(2)12(13(17)18)15-11(16)7-9-3-5-10(14)6-4-9/h3-6,8,12H,7H2,1-2H3,(H,15,16)(H,17,18). The van der Waals surface area contributed by atoms with Crippen molar-refractivity contribution in [1.82, 2.24) is 5.32 Å². The molecule has 0 fully saturated rings. The first-order valence-corrected chi connectivity index (χ1v) is 6.04. The molecule has 0 saturated carbocycles. The number of hydrogen-bond acceptors (Lipinski definition) is 2. The van der Waals surface area contributed by atoms with Crippen LogP contribution in [-0.2, 0) is 16.0 Å². The third-order valence-electron chi connectivity index (χ3n) is 2.53. The fraction of sp³-hybridized carbons (Fsp3) is 0.385. The van der Waals surface area contributed by atoms with Crippen LogP contribution in [0, 0.1) is 5.92 Å². The molecule has 2 N–H and O–H groups in total. The van der Waals surface area contributed by atoms with E-state index in [-0.39, 0.29) is 18.2 Å². The van der Waals surface area contributed by atoms with Gasteiger partial charge in [-0.25, -0.2) is 4.79 Å². The van der Waals surface area contributed by atoms with Gasteiger partial charge in [-0.3, -0.25) is 4.79 Å². The van der Waals surface area contributed by atoms with Gasteiger partial charge in [-0.05, 0) is 23.6 Å². The zero-order valence-electron chi connectivity index (χ0n) is 10.3. The van der Waals surface area contributed by atoms with Gasteiger partial charge in [-0.15, -0.1) is 0 Å². The minimum absolute atomic E-state index is 0.146. The summed E-state index contributed by atoms with van der Waals surface area (Å²) in [5.74, 6) is -1.48. The molecule has 18 heavy (non-hydrogen) atoms. The molecule has 1 rings (SSSR count). The summed E-state index contributed by atoms with van der Waals surface area (Å²) in [5, 5.41) is 12.1. The van der Waals surface area contributed by atoms with Crippen molar-refractivity contribution in [2.24, 2.45) is 5.92 Å². The number of halogens is 1. The van der Waals surface area contributed by atoms with Crippen LogP contribution in [0.2, 0.25) is 5.02 Å². The maximum absolute atomic E-state index is 11.7. The number of benzene rings is 1. The Kier molecular flexibility index (Phi) is 5.16. The molecule has 0 aliphatic rings. The monoisotopic (exact) mass is 269 g/mol. The minimum Gasteiger partial charge on any atom is -0.480 e. The van der Waals surface area contributed by atoms with Gasteiger partial charge in [-0.2, -0.15) is 0 Å². The highest BCUT2D eigenvalue weighted by molar-refractivity contribution is 6.30. The van der Waals surface area contributed by atoms with Crippen molar-refractivity contribution >= 4 is 23.5 Å². The van der Waals surface area contributed by atoms with E-state index in [1.165, 1.54) is 0 Å². The lowest BCUT2D eigenvalue weighted by molar-refractivity contribution is -0.143. The van der Waals surface area contributed by atoms with Crippen molar-refractivity contribution < 1.29 is 14.7 Å². The first kappa shape index (κ1) is 14.5. The van der Waals surface area contributed by atoms with Gasteiger partial charge in [0.1, 0.15) is 6.04 Å². The fourth-order valence-corrected chi connectivity index (χ4v) is 1.65. The van der Waals surface area contributed by atoms with Gasteiger partial charge in [0.15, 0.2) is 0 Å². The first-order chi connectivity index (χ1) is 8.40. The van der Waals surface area contributed by atoms with Crippen molar-refractivity contribution in [3.63, 3.8) is 0 Å². The molecule has 5 heteroatoms. The predicted octanol–water partition coefficient (Wildman–Crippen LogP) is 2.11. The number of nitrogens with one attached hydrogen (secondary N) is 1. The Bertz CT molecular complexity index is 428. The van der Waals surface area contributed by atoms with E-state index in [4.69, 9.17) is 16.7 Å². The largest absolute Gasteiger partial charge is 0.480 e. The molecule has 4 nitrogen and oxygen atoms in total. The molecule has 0 heterocycles. The van der Waals surface area contributed by atoms with Crippen LogP contribution in [0.5, 0.6) is 0 Å². The van der Waals surface area contributed by atoms with Crippen LogP contribution in [0.25, 0.3) is 0 Å². The van der Waals surface area contributed by atoms with Crippen LogP contribution in [0.15, 0.2) is 24.3 Å². The van der Waals surface area contributed by atoms with E-state index < -0.39 is 12.0 Å². The van der Waals surface area contributed by atoms with Crippen LogP contribution < -0.4 is 5.32 Å². The summed E-state index contributed by atoms with van der Waals surface area (Å²) in [7, 11) is 0. The summed E-state index contributed by atoms with van der Waals surface area (Å²) >= 11 is 5.74. The SMILES string of the molecule is CC(C)C(NC(=O)Cc1ccc(Cl)cc1)C(=O)O. The third kappa shape index (κ3) is 4.37. The van der Waals surface area contributed by atoms with Crippen LogP contribution in [-0.4, -0.2) is 23.0 Å². The Balaban J connectivity index is 2.60. The van der Waals surface area contributed by atoms with E-state index in [1.54, 1.807) is 38.1 Å². The van der Waals surface area contributed by atoms with Gasteiger partial charge < -0.3 is 10.4 Å². The summed E-state index contributed by atoms with van der Waals surface area (Å²) in [5.41, 5.74) is 0.796. The average molecular weight is 270 g/mol. The molecule has 1 amide bonds. The molecule has 0 aliphatic heterocycles. The molecule has 1 unspecified atom stereocenters. The maximum atomic E-state index is 11.7. The predicted molar refractivity (Wildman–Crippen MR) is 69.6 cm³/mol. The molecule has 0 saturated heterocycles. The lowest BCUT2D eigenvalue weighted by Gasteiger charge is -2.17. The molecule has 0 aromatic heterocycles. The van der Waals surface area contributed by atoms with Gasteiger partial charge in [-0.1, -0.05) is 37.6 Å². The van der Waals surface area contributed by atoms with Gasteiger partial charge >= 0.3 is 5.97 Å². The number of rotatable bonds is 5. The van der Waals surface area contributed by atoms with Crippen molar-refractivity contribution in [2.45, 2.75) is 26.3 Å². The zero-order valence-corrected chi connectivity index (χ0v) is 11.1. The summed E-state index contributed by atoms with van der Waals surface area (Å²) in [6.07, 6.45) is 0.146. The van der Waals surface area contributed by atoms with Crippen LogP contribution >= 0.6 is 11.6 Å². The Morgan fingerprint density at radius 2 is 1.83 bits per heavy atom. The molecular weight excluding hydrogens is 254 g/mol. The van der Waals surface area contributed by atoms with Gasteiger partial charge in [0.05, 0.1) is 6.42 Å². The average Bonchev–Trinajstić information content (AvgIpc) is 2.28. The van der Waals surface area contributed by atoms with E-state index in [0.29, 0.717) is 5.02 Å². The number of carbonyl (C=O) groups excluding carboxylic acids is 1. The van der Waals surface area contributed by atoms with E-state index in [0.717, 1.165) is 5.56 Å². The Morgan fingerprint density at radius 3 is 2.28 bits per heavy atom. The summed E-state index contributed by atoms with van der Waals surface area (Å²) < 4.78 is 0. The van der Waals surface area contributed by atoms with E-state index >= 15 is 0 Å². The molecule has 0 bridgehead atoms. The molecule has 0 radical (unpaired) electrons. The number of aliphatic carboxylic acids is 1. The first-order valence-electron chi connectivity index (χ1n) is 5.66. The van der Waals surface area contributed by atoms with E-state index in [2.05, 4.69) is 5.32 Å². The molecule has 1 atom stereocenters. The summed E-state index contributed by atoms with van der Waals surface area (Å²) in [6, 6.07) is 6.02. The fourth-order valence-electron chi connectivity index (χ4n) is 1.53. The second-order valence-electron chi connectivity index (χ2n) is 4.43.